The molecule has 4 heteroatoms. The highest BCUT2D eigenvalue weighted by atomic mass is 32.1. The van der Waals surface area contributed by atoms with E-state index in [1.165, 1.54) is 19.3 Å². The van der Waals surface area contributed by atoms with Crippen molar-refractivity contribution >= 4 is 33.9 Å². The van der Waals surface area contributed by atoms with Crippen LogP contribution < -0.4 is 11.1 Å². The molecule has 20 heavy (non-hydrogen) atoms. The van der Waals surface area contributed by atoms with E-state index in [0.717, 1.165) is 28.7 Å². The minimum absolute atomic E-state index is 0.211. The lowest BCUT2D eigenvalue weighted by atomic mass is 9.75. The molecule has 2 aromatic rings. The Balaban J connectivity index is 2.06. The number of nitrogens with one attached hydrogen (secondary N) is 1. The van der Waals surface area contributed by atoms with Gasteiger partial charge in [0.25, 0.3) is 0 Å². The molecule has 0 amide bonds. The predicted molar refractivity (Wildman–Crippen MR) is 88.1 cm³/mol. The van der Waals surface area contributed by atoms with E-state index in [1.54, 1.807) is 0 Å². The Morgan fingerprint density at radius 1 is 1.40 bits per heavy atom. The quantitative estimate of drug-likeness (QED) is 0.843. The predicted octanol–water partition coefficient (Wildman–Crippen LogP) is 3.61. The Labute approximate surface area is 124 Å². The molecular formula is C16H19N3S. The van der Waals surface area contributed by atoms with Gasteiger partial charge >= 0.3 is 0 Å². The molecule has 1 heterocycles. The standard InChI is InChI=1S/C16H19N3S/c1-2-16(8-5-9-16)19-14-10-12(15(17)20)11-6-3-4-7-13(11)18-14/h3-4,6-7,10H,2,5,8-9H2,1H3,(H2,17,20)(H,18,19). The Bertz CT molecular complexity index is 656. The molecule has 1 aliphatic carbocycles. The number of anilines is 1. The van der Waals surface area contributed by atoms with Crippen LogP contribution in [0.4, 0.5) is 5.82 Å². The van der Waals surface area contributed by atoms with Gasteiger partial charge in [0, 0.05) is 16.5 Å². The van der Waals surface area contributed by atoms with E-state index >= 15 is 0 Å². The van der Waals surface area contributed by atoms with Crippen molar-refractivity contribution in [1.82, 2.24) is 4.98 Å². The van der Waals surface area contributed by atoms with Crippen molar-refractivity contribution in [3.63, 3.8) is 0 Å². The van der Waals surface area contributed by atoms with E-state index in [4.69, 9.17) is 22.9 Å². The number of benzene rings is 1. The number of pyridine rings is 1. The summed E-state index contributed by atoms with van der Waals surface area (Å²) < 4.78 is 0. The Kier molecular flexibility index (Phi) is 3.34. The summed E-state index contributed by atoms with van der Waals surface area (Å²) in [6, 6.07) is 9.97. The van der Waals surface area contributed by atoms with Crippen LogP contribution in [0, 0.1) is 0 Å². The number of hydrogen-bond donors (Lipinski definition) is 2. The summed E-state index contributed by atoms with van der Waals surface area (Å²) in [6.07, 6.45) is 4.82. The average Bonchev–Trinajstić information content (AvgIpc) is 2.42. The summed E-state index contributed by atoms with van der Waals surface area (Å²) in [5.41, 5.74) is 7.92. The van der Waals surface area contributed by atoms with Crippen LogP contribution in [0.25, 0.3) is 10.9 Å². The highest BCUT2D eigenvalue weighted by Crippen LogP contribution is 2.38. The lowest BCUT2D eigenvalue weighted by Gasteiger charge is -2.42. The van der Waals surface area contributed by atoms with Gasteiger partial charge in [0.15, 0.2) is 0 Å². The van der Waals surface area contributed by atoms with E-state index in [1.807, 2.05) is 30.3 Å². The molecule has 3 N–H and O–H groups in total. The second kappa shape index (κ2) is 5.02. The number of hydrogen-bond acceptors (Lipinski definition) is 3. The molecule has 0 bridgehead atoms. The molecule has 0 radical (unpaired) electrons. The number of fused-ring (bicyclic) bond motifs is 1. The van der Waals surface area contributed by atoms with Gasteiger partial charge in [-0.05, 0) is 37.8 Å². The van der Waals surface area contributed by atoms with Crippen molar-refractivity contribution in [2.75, 3.05) is 5.32 Å². The van der Waals surface area contributed by atoms with Gasteiger partial charge in [-0.2, -0.15) is 0 Å². The molecule has 3 rings (SSSR count). The molecule has 3 nitrogen and oxygen atoms in total. The maximum absolute atomic E-state index is 5.87. The minimum Gasteiger partial charge on any atom is -0.389 e. The van der Waals surface area contributed by atoms with Gasteiger partial charge in [-0.1, -0.05) is 37.3 Å². The van der Waals surface area contributed by atoms with Crippen LogP contribution >= 0.6 is 12.2 Å². The third-order valence-electron chi connectivity index (χ3n) is 4.36. The first-order valence-electron chi connectivity index (χ1n) is 7.11. The lowest BCUT2D eigenvalue weighted by Crippen LogP contribution is -2.44. The first-order chi connectivity index (χ1) is 9.63. The maximum atomic E-state index is 5.87. The second-order valence-electron chi connectivity index (χ2n) is 5.55. The molecular weight excluding hydrogens is 266 g/mol. The summed E-state index contributed by atoms with van der Waals surface area (Å²) in [5, 5.41) is 4.62. The van der Waals surface area contributed by atoms with Crippen LogP contribution in [0.1, 0.15) is 38.2 Å². The van der Waals surface area contributed by atoms with Gasteiger partial charge in [0.2, 0.25) is 0 Å². The Morgan fingerprint density at radius 3 is 2.75 bits per heavy atom. The Morgan fingerprint density at radius 2 is 2.15 bits per heavy atom. The fraction of sp³-hybridized carbons (Fsp3) is 0.375. The number of nitrogens with zero attached hydrogens (tertiary/aromatic N) is 1. The zero-order chi connectivity index (χ0) is 14.2. The fourth-order valence-corrected chi connectivity index (χ4v) is 3.05. The molecule has 0 atom stereocenters. The summed E-state index contributed by atoms with van der Waals surface area (Å²) in [4.78, 5) is 5.13. The van der Waals surface area contributed by atoms with Crippen LogP contribution in [0.5, 0.6) is 0 Å². The first kappa shape index (κ1) is 13.3. The van der Waals surface area contributed by atoms with Gasteiger partial charge in [-0.25, -0.2) is 4.98 Å². The van der Waals surface area contributed by atoms with Gasteiger partial charge < -0.3 is 11.1 Å². The lowest BCUT2D eigenvalue weighted by molar-refractivity contribution is 0.269. The normalized spacial score (nSPS) is 16.6. The number of thiocarbonyl (C=S) groups is 1. The average molecular weight is 285 g/mol. The molecule has 1 aliphatic rings. The first-order valence-corrected chi connectivity index (χ1v) is 7.52. The summed E-state index contributed by atoms with van der Waals surface area (Å²) in [6.45, 7) is 2.22. The smallest absolute Gasteiger partial charge is 0.127 e. The van der Waals surface area contributed by atoms with Crippen LogP contribution in [0.3, 0.4) is 0 Å². The molecule has 1 fully saturated rings. The molecule has 0 saturated heterocycles. The van der Waals surface area contributed by atoms with E-state index in [2.05, 4.69) is 12.2 Å². The molecule has 0 aliphatic heterocycles. The van der Waals surface area contributed by atoms with Crippen molar-refractivity contribution in [1.29, 1.82) is 0 Å². The van der Waals surface area contributed by atoms with Crippen LogP contribution in [0.15, 0.2) is 30.3 Å². The molecule has 0 spiro atoms. The molecule has 104 valence electrons. The van der Waals surface area contributed by atoms with E-state index < -0.39 is 0 Å². The van der Waals surface area contributed by atoms with Crippen LogP contribution in [-0.2, 0) is 0 Å². The number of rotatable bonds is 4. The highest BCUT2D eigenvalue weighted by molar-refractivity contribution is 7.80. The zero-order valence-corrected chi connectivity index (χ0v) is 12.5. The van der Waals surface area contributed by atoms with Crippen molar-refractivity contribution in [2.24, 2.45) is 5.73 Å². The summed E-state index contributed by atoms with van der Waals surface area (Å²) in [5.74, 6) is 0.882. The van der Waals surface area contributed by atoms with Crippen molar-refractivity contribution in [3.05, 3.63) is 35.9 Å². The number of para-hydroxylation sites is 1. The fourth-order valence-electron chi connectivity index (χ4n) is 2.89. The topological polar surface area (TPSA) is 50.9 Å². The van der Waals surface area contributed by atoms with Crippen molar-refractivity contribution < 1.29 is 0 Å². The Hall–Kier alpha value is -1.68. The monoisotopic (exact) mass is 285 g/mol. The van der Waals surface area contributed by atoms with Gasteiger partial charge in [0.1, 0.15) is 10.8 Å². The van der Waals surface area contributed by atoms with Crippen molar-refractivity contribution in [2.45, 2.75) is 38.1 Å². The molecule has 1 saturated carbocycles. The van der Waals surface area contributed by atoms with Crippen LogP contribution in [0.2, 0.25) is 0 Å². The van der Waals surface area contributed by atoms with Crippen molar-refractivity contribution in [3.8, 4) is 0 Å². The van der Waals surface area contributed by atoms with E-state index in [0.29, 0.717) is 4.99 Å². The largest absolute Gasteiger partial charge is 0.389 e. The van der Waals surface area contributed by atoms with Crippen LogP contribution in [-0.4, -0.2) is 15.5 Å². The van der Waals surface area contributed by atoms with E-state index in [-0.39, 0.29) is 5.54 Å². The third-order valence-corrected chi connectivity index (χ3v) is 4.58. The highest BCUT2D eigenvalue weighted by Gasteiger charge is 2.35. The maximum Gasteiger partial charge on any atom is 0.127 e. The molecule has 0 unspecified atom stereocenters. The third kappa shape index (κ3) is 2.24. The summed E-state index contributed by atoms with van der Waals surface area (Å²) >= 11 is 5.18. The minimum atomic E-state index is 0.211. The van der Waals surface area contributed by atoms with Gasteiger partial charge in [0.05, 0.1) is 5.52 Å². The number of aromatic nitrogens is 1. The molecule has 1 aromatic heterocycles. The van der Waals surface area contributed by atoms with Gasteiger partial charge in [-0.3, -0.25) is 0 Å². The zero-order valence-electron chi connectivity index (χ0n) is 11.6. The second-order valence-corrected chi connectivity index (χ2v) is 5.99. The summed E-state index contributed by atoms with van der Waals surface area (Å²) in [7, 11) is 0. The van der Waals surface area contributed by atoms with E-state index in [9.17, 15) is 0 Å². The number of nitrogens with two attached hydrogens (primary N) is 1. The SMILES string of the molecule is CCC1(Nc2cc(C(N)=S)c3ccccc3n2)CCC1. The van der Waals surface area contributed by atoms with Gasteiger partial charge in [-0.15, -0.1) is 0 Å². The molecule has 1 aromatic carbocycles.